The zero-order valence-corrected chi connectivity index (χ0v) is 22.1. The van der Waals surface area contributed by atoms with Gasteiger partial charge in [-0.2, -0.15) is 0 Å². The fourth-order valence-electron chi connectivity index (χ4n) is 4.19. The van der Waals surface area contributed by atoms with Crippen molar-refractivity contribution in [3.63, 3.8) is 0 Å². The van der Waals surface area contributed by atoms with E-state index in [-0.39, 0.29) is 28.6 Å². The summed E-state index contributed by atoms with van der Waals surface area (Å²) in [7, 11) is 0. The first kappa shape index (κ1) is 27.3. The van der Waals surface area contributed by atoms with Crippen molar-refractivity contribution in [2.45, 2.75) is 27.4 Å². The molecule has 0 unspecified atom stereocenters. The summed E-state index contributed by atoms with van der Waals surface area (Å²) in [5.74, 6) is -1.27. The van der Waals surface area contributed by atoms with E-state index in [1.807, 2.05) is 26.0 Å². The minimum absolute atomic E-state index is 0.0618. The lowest BCUT2D eigenvalue weighted by Gasteiger charge is -2.26. The number of non-ortho nitro benzene ring substituents is 1. The maximum absolute atomic E-state index is 13.2. The molecule has 0 saturated carbocycles. The van der Waals surface area contributed by atoms with E-state index in [9.17, 15) is 24.5 Å². The number of hydrogen-bond acceptors (Lipinski definition) is 7. The molecule has 4 rings (SSSR count). The third-order valence-electron chi connectivity index (χ3n) is 5.71. The van der Waals surface area contributed by atoms with Gasteiger partial charge in [0.2, 0.25) is 0 Å². The molecule has 1 aliphatic rings. The number of amides is 4. The van der Waals surface area contributed by atoms with Gasteiger partial charge in [-0.25, -0.2) is 9.69 Å². The van der Waals surface area contributed by atoms with Crippen LogP contribution in [0.2, 0.25) is 5.02 Å². The summed E-state index contributed by atoms with van der Waals surface area (Å²) in [4.78, 5) is 49.5. The Bertz CT molecular complexity index is 1510. The average molecular weight is 550 g/mol. The molecule has 0 atom stereocenters. The molecule has 4 amide bonds. The molecular weight excluding hydrogens is 526 g/mol. The Kier molecular flexibility index (Phi) is 7.96. The van der Waals surface area contributed by atoms with Gasteiger partial charge in [-0.05, 0) is 56.2 Å². The fraction of sp³-hybridized carbons (Fsp3) is 0.179. The number of benzene rings is 3. The maximum Gasteiger partial charge on any atom is 0.335 e. The number of nitro benzene ring substituents is 1. The second-order valence-corrected chi connectivity index (χ2v) is 9.19. The van der Waals surface area contributed by atoms with Crippen LogP contribution in [0.3, 0.4) is 0 Å². The Hall–Kier alpha value is -4.70. The maximum atomic E-state index is 13.2. The van der Waals surface area contributed by atoms with Crippen LogP contribution in [0.1, 0.15) is 29.2 Å². The molecule has 1 N–H and O–H groups in total. The second-order valence-electron chi connectivity index (χ2n) is 8.78. The lowest BCUT2D eigenvalue weighted by Crippen LogP contribution is -2.54. The van der Waals surface area contributed by atoms with Gasteiger partial charge in [0.25, 0.3) is 17.5 Å². The molecule has 11 heteroatoms. The number of imide groups is 2. The standard InChI is InChI=1S/C28H24ClN3O7/c1-4-38-24-13-18(12-23(29)25(24)39-15-19-9-16(2)8-17(3)10-19)11-22-26(33)30-28(35)31(27(22)34)20-6-5-7-21(14-20)32(36)37/h5-14H,4,15H2,1-3H3,(H,30,33,35)/b22-11+. The summed E-state index contributed by atoms with van der Waals surface area (Å²) >= 11 is 6.54. The van der Waals surface area contributed by atoms with Crippen LogP contribution in [0.5, 0.6) is 11.5 Å². The zero-order valence-electron chi connectivity index (χ0n) is 21.3. The van der Waals surface area contributed by atoms with Crippen LogP contribution in [0.15, 0.2) is 60.2 Å². The number of carbonyl (C=O) groups is 3. The first-order valence-electron chi connectivity index (χ1n) is 11.9. The predicted octanol–water partition coefficient (Wildman–Crippen LogP) is 5.51. The van der Waals surface area contributed by atoms with Crippen molar-refractivity contribution in [1.82, 2.24) is 5.32 Å². The number of ether oxygens (including phenoxy) is 2. The van der Waals surface area contributed by atoms with Crippen LogP contribution in [-0.2, 0) is 16.2 Å². The average Bonchev–Trinajstić information content (AvgIpc) is 2.86. The van der Waals surface area contributed by atoms with Crippen molar-refractivity contribution < 1.29 is 28.8 Å². The van der Waals surface area contributed by atoms with Crippen LogP contribution in [0.25, 0.3) is 6.08 Å². The topological polar surface area (TPSA) is 128 Å². The van der Waals surface area contributed by atoms with Gasteiger partial charge in [-0.3, -0.25) is 25.0 Å². The minimum Gasteiger partial charge on any atom is -0.490 e. The first-order valence-corrected chi connectivity index (χ1v) is 12.3. The van der Waals surface area contributed by atoms with Gasteiger partial charge in [0.1, 0.15) is 12.2 Å². The summed E-state index contributed by atoms with van der Waals surface area (Å²) in [6.45, 7) is 6.31. The Labute approximate surface area is 228 Å². The minimum atomic E-state index is -1.02. The largest absolute Gasteiger partial charge is 0.490 e. The lowest BCUT2D eigenvalue weighted by atomic mass is 10.1. The van der Waals surface area contributed by atoms with E-state index in [1.54, 1.807) is 13.0 Å². The molecule has 10 nitrogen and oxygen atoms in total. The Morgan fingerprint density at radius 2 is 1.74 bits per heavy atom. The predicted molar refractivity (Wildman–Crippen MR) is 145 cm³/mol. The van der Waals surface area contributed by atoms with Crippen LogP contribution in [0.4, 0.5) is 16.2 Å². The second kappa shape index (κ2) is 11.4. The SMILES string of the molecule is CCOc1cc(/C=C2\C(=O)NC(=O)N(c3cccc([N+](=O)[O-])c3)C2=O)cc(Cl)c1OCc1cc(C)cc(C)c1. The molecule has 1 fully saturated rings. The van der Waals surface area contributed by atoms with E-state index in [0.29, 0.717) is 28.6 Å². The fourth-order valence-corrected chi connectivity index (χ4v) is 4.46. The molecule has 0 spiro atoms. The van der Waals surface area contributed by atoms with E-state index in [2.05, 4.69) is 11.4 Å². The van der Waals surface area contributed by atoms with Gasteiger partial charge >= 0.3 is 6.03 Å². The van der Waals surface area contributed by atoms with Crippen molar-refractivity contribution in [2.24, 2.45) is 0 Å². The molecular formula is C28H24ClN3O7. The molecule has 1 aliphatic heterocycles. The van der Waals surface area contributed by atoms with Crippen LogP contribution >= 0.6 is 11.6 Å². The number of rotatable bonds is 8. The van der Waals surface area contributed by atoms with Gasteiger partial charge in [0.05, 0.1) is 22.2 Å². The number of urea groups is 1. The molecule has 39 heavy (non-hydrogen) atoms. The van der Waals surface area contributed by atoms with E-state index >= 15 is 0 Å². The summed E-state index contributed by atoms with van der Waals surface area (Å²) in [5, 5.41) is 13.4. The van der Waals surface area contributed by atoms with Gasteiger partial charge in [-0.15, -0.1) is 0 Å². The Morgan fingerprint density at radius 1 is 1.03 bits per heavy atom. The lowest BCUT2D eigenvalue weighted by molar-refractivity contribution is -0.384. The number of nitro groups is 1. The third-order valence-corrected chi connectivity index (χ3v) is 5.99. The summed E-state index contributed by atoms with van der Waals surface area (Å²) in [5.41, 5.74) is 2.73. The van der Waals surface area contributed by atoms with Crippen LogP contribution in [-0.4, -0.2) is 29.4 Å². The quantitative estimate of drug-likeness (QED) is 0.170. The molecule has 200 valence electrons. The summed E-state index contributed by atoms with van der Waals surface area (Å²) < 4.78 is 11.7. The number of hydrogen-bond donors (Lipinski definition) is 1. The van der Waals surface area contributed by atoms with Crippen molar-refractivity contribution in [3.8, 4) is 11.5 Å². The molecule has 0 aromatic heterocycles. The highest BCUT2D eigenvalue weighted by molar-refractivity contribution is 6.39. The molecule has 1 saturated heterocycles. The number of carbonyl (C=O) groups excluding carboxylic acids is 3. The molecule has 1 heterocycles. The van der Waals surface area contributed by atoms with E-state index in [1.165, 1.54) is 30.3 Å². The smallest absolute Gasteiger partial charge is 0.335 e. The number of aryl methyl sites for hydroxylation is 2. The molecule has 0 aliphatic carbocycles. The highest BCUT2D eigenvalue weighted by Gasteiger charge is 2.37. The van der Waals surface area contributed by atoms with Gasteiger partial charge in [0.15, 0.2) is 11.5 Å². The molecule has 3 aromatic carbocycles. The highest BCUT2D eigenvalue weighted by Crippen LogP contribution is 2.38. The van der Waals surface area contributed by atoms with Gasteiger partial charge in [0, 0.05) is 12.1 Å². The van der Waals surface area contributed by atoms with E-state index in [0.717, 1.165) is 22.8 Å². The van der Waals surface area contributed by atoms with Crippen molar-refractivity contribution in [3.05, 3.63) is 97.6 Å². The third kappa shape index (κ3) is 6.07. The van der Waals surface area contributed by atoms with E-state index < -0.39 is 22.8 Å². The Morgan fingerprint density at radius 3 is 2.41 bits per heavy atom. The Balaban J connectivity index is 1.67. The number of nitrogens with zero attached hydrogens (tertiary/aromatic N) is 2. The molecule has 0 radical (unpaired) electrons. The number of barbiturate groups is 1. The van der Waals surface area contributed by atoms with Crippen molar-refractivity contribution in [2.75, 3.05) is 11.5 Å². The summed E-state index contributed by atoms with van der Waals surface area (Å²) in [6.07, 6.45) is 1.26. The summed E-state index contributed by atoms with van der Waals surface area (Å²) in [6, 6.07) is 13.1. The normalized spacial score (nSPS) is 14.4. The van der Waals surface area contributed by atoms with Gasteiger partial charge < -0.3 is 9.47 Å². The number of nitrogens with one attached hydrogen (secondary N) is 1. The monoisotopic (exact) mass is 549 g/mol. The van der Waals surface area contributed by atoms with E-state index in [4.69, 9.17) is 21.1 Å². The molecule has 0 bridgehead atoms. The molecule has 3 aromatic rings. The van der Waals surface area contributed by atoms with Crippen LogP contribution in [0, 0.1) is 24.0 Å². The van der Waals surface area contributed by atoms with Crippen molar-refractivity contribution >= 4 is 46.9 Å². The zero-order chi connectivity index (χ0) is 28.3. The number of halogens is 1. The number of anilines is 1. The van der Waals surface area contributed by atoms with Crippen molar-refractivity contribution in [1.29, 1.82) is 0 Å². The highest BCUT2D eigenvalue weighted by atomic mass is 35.5. The first-order chi connectivity index (χ1) is 18.6. The van der Waals surface area contributed by atoms with Crippen LogP contribution < -0.4 is 19.7 Å². The van der Waals surface area contributed by atoms with Gasteiger partial charge in [-0.1, -0.05) is 47.0 Å².